The zero-order valence-corrected chi connectivity index (χ0v) is 17.5. The zero-order valence-electron chi connectivity index (χ0n) is 15.9. The lowest BCUT2D eigenvalue weighted by atomic mass is 10.1. The minimum atomic E-state index is -0.144. The number of allylic oxidation sites excluding steroid dienone is 1. The van der Waals surface area contributed by atoms with Gasteiger partial charge in [0.2, 0.25) is 11.0 Å². The Morgan fingerprint density at radius 2 is 2.18 bits per heavy atom. The standard InChI is InChI=1S/C19H22N6OS2/c1-4-7-16-21-23-18(28-16)20-15(26)12-27-19-24-22-17(25(19)10-5-2)14-9-6-8-13(3)11-14/h5-6,8-9,11H,2,4,7,10,12H2,1,3H3,(H,20,23,26). The van der Waals surface area contributed by atoms with Gasteiger partial charge in [0.1, 0.15) is 5.01 Å². The molecule has 2 heterocycles. The van der Waals surface area contributed by atoms with Crippen LogP contribution in [0.25, 0.3) is 11.4 Å². The van der Waals surface area contributed by atoms with Crippen molar-refractivity contribution in [2.24, 2.45) is 0 Å². The summed E-state index contributed by atoms with van der Waals surface area (Å²) < 4.78 is 1.96. The largest absolute Gasteiger partial charge is 0.300 e. The summed E-state index contributed by atoms with van der Waals surface area (Å²) in [5.74, 6) is 0.834. The Hall–Kier alpha value is -2.52. The maximum atomic E-state index is 12.3. The minimum Gasteiger partial charge on any atom is -0.300 e. The lowest BCUT2D eigenvalue weighted by Gasteiger charge is -2.08. The molecule has 3 aromatic rings. The van der Waals surface area contributed by atoms with Gasteiger partial charge in [-0.3, -0.25) is 14.7 Å². The molecule has 0 spiro atoms. The lowest BCUT2D eigenvalue weighted by molar-refractivity contribution is -0.113. The average Bonchev–Trinajstić information content (AvgIpc) is 3.28. The fourth-order valence-corrected chi connectivity index (χ4v) is 4.20. The van der Waals surface area contributed by atoms with E-state index in [4.69, 9.17) is 0 Å². The molecule has 2 aromatic heterocycles. The van der Waals surface area contributed by atoms with Gasteiger partial charge in [-0.15, -0.1) is 27.0 Å². The summed E-state index contributed by atoms with van der Waals surface area (Å²) in [6.45, 7) is 8.51. The quantitative estimate of drug-likeness (QED) is 0.421. The molecular weight excluding hydrogens is 392 g/mol. The van der Waals surface area contributed by atoms with Crippen molar-refractivity contribution in [2.75, 3.05) is 11.1 Å². The predicted octanol–water partition coefficient (Wildman–Crippen LogP) is 3.97. The van der Waals surface area contributed by atoms with Gasteiger partial charge in [0.05, 0.1) is 5.75 Å². The predicted molar refractivity (Wildman–Crippen MR) is 114 cm³/mol. The first-order chi connectivity index (χ1) is 13.6. The molecule has 0 atom stereocenters. The van der Waals surface area contributed by atoms with Gasteiger partial charge in [0.15, 0.2) is 11.0 Å². The number of thioether (sulfide) groups is 1. The van der Waals surface area contributed by atoms with Gasteiger partial charge in [-0.1, -0.05) is 59.9 Å². The molecule has 7 nitrogen and oxygen atoms in total. The molecule has 0 radical (unpaired) electrons. The molecule has 0 aliphatic heterocycles. The molecule has 0 unspecified atom stereocenters. The summed E-state index contributed by atoms with van der Waals surface area (Å²) in [6, 6.07) is 8.10. The highest BCUT2D eigenvalue weighted by Gasteiger charge is 2.16. The molecule has 0 fully saturated rings. The third kappa shape index (κ3) is 5.05. The molecule has 1 aromatic carbocycles. The Kier molecular flexibility index (Phi) is 6.94. The number of hydrogen-bond acceptors (Lipinski definition) is 7. The molecular formula is C19H22N6OS2. The molecule has 0 aliphatic rings. The second kappa shape index (κ2) is 9.61. The van der Waals surface area contributed by atoms with Crippen LogP contribution in [-0.2, 0) is 17.8 Å². The highest BCUT2D eigenvalue weighted by atomic mass is 32.2. The summed E-state index contributed by atoms with van der Waals surface area (Å²) >= 11 is 2.75. The molecule has 1 amide bonds. The molecule has 3 rings (SSSR count). The number of benzene rings is 1. The second-order valence-corrected chi connectivity index (χ2v) is 8.17. The Morgan fingerprint density at radius 1 is 1.32 bits per heavy atom. The van der Waals surface area contributed by atoms with E-state index in [9.17, 15) is 4.79 Å². The van der Waals surface area contributed by atoms with E-state index in [0.29, 0.717) is 16.8 Å². The molecule has 0 bridgehead atoms. The smallest absolute Gasteiger partial charge is 0.236 e. The van der Waals surface area contributed by atoms with Crippen LogP contribution in [0.1, 0.15) is 23.9 Å². The highest BCUT2D eigenvalue weighted by Crippen LogP contribution is 2.25. The third-order valence-corrected chi connectivity index (χ3v) is 5.68. The van der Waals surface area contributed by atoms with E-state index in [0.717, 1.165) is 34.8 Å². The van der Waals surface area contributed by atoms with Crippen molar-refractivity contribution in [3.05, 3.63) is 47.5 Å². The fourth-order valence-electron chi connectivity index (χ4n) is 2.59. The SMILES string of the molecule is C=CCn1c(SCC(=O)Nc2nnc(CCC)s2)nnc1-c1cccc(C)c1. The number of anilines is 1. The van der Waals surface area contributed by atoms with Gasteiger partial charge < -0.3 is 0 Å². The molecule has 0 saturated carbocycles. The van der Waals surface area contributed by atoms with E-state index in [-0.39, 0.29) is 11.7 Å². The maximum Gasteiger partial charge on any atom is 0.236 e. The number of nitrogens with zero attached hydrogens (tertiary/aromatic N) is 5. The maximum absolute atomic E-state index is 12.3. The third-order valence-electron chi connectivity index (χ3n) is 3.81. The van der Waals surface area contributed by atoms with E-state index in [2.05, 4.69) is 45.3 Å². The number of aromatic nitrogens is 5. The van der Waals surface area contributed by atoms with Crippen molar-refractivity contribution < 1.29 is 4.79 Å². The van der Waals surface area contributed by atoms with Crippen LogP contribution < -0.4 is 5.32 Å². The van der Waals surface area contributed by atoms with E-state index in [1.165, 1.54) is 23.1 Å². The van der Waals surface area contributed by atoms with E-state index in [1.807, 2.05) is 29.7 Å². The van der Waals surface area contributed by atoms with Crippen LogP contribution in [0, 0.1) is 6.92 Å². The van der Waals surface area contributed by atoms with Crippen molar-refractivity contribution in [1.29, 1.82) is 0 Å². The molecule has 1 N–H and O–H groups in total. The number of aryl methyl sites for hydroxylation is 2. The van der Waals surface area contributed by atoms with Gasteiger partial charge in [-0.25, -0.2) is 0 Å². The number of carbonyl (C=O) groups is 1. The van der Waals surface area contributed by atoms with Crippen molar-refractivity contribution in [2.45, 2.75) is 38.4 Å². The Balaban J connectivity index is 1.68. The summed E-state index contributed by atoms with van der Waals surface area (Å²) in [5, 5.41) is 21.6. The van der Waals surface area contributed by atoms with Crippen LogP contribution in [0.5, 0.6) is 0 Å². The first kappa shape index (κ1) is 20.2. The summed E-state index contributed by atoms with van der Waals surface area (Å²) in [7, 11) is 0. The van der Waals surface area contributed by atoms with Crippen LogP contribution in [0.4, 0.5) is 5.13 Å². The van der Waals surface area contributed by atoms with Crippen LogP contribution in [0.3, 0.4) is 0 Å². The van der Waals surface area contributed by atoms with Crippen molar-refractivity contribution in [3.8, 4) is 11.4 Å². The summed E-state index contributed by atoms with van der Waals surface area (Å²) in [5.41, 5.74) is 2.14. The molecule has 0 saturated heterocycles. The number of nitrogens with one attached hydrogen (secondary N) is 1. The minimum absolute atomic E-state index is 0.144. The summed E-state index contributed by atoms with van der Waals surface area (Å²) in [4.78, 5) is 12.3. The van der Waals surface area contributed by atoms with Crippen molar-refractivity contribution >= 4 is 34.1 Å². The molecule has 0 aliphatic carbocycles. The van der Waals surface area contributed by atoms with Gasteiger partial charge in [-0.05, 0) is 19.4 Å². The fraction of sp³-hybridized carbons (Fsp3) is 0.316. The number of amides is 1. The first-order valence-corrected chi connectivity index (χ1v) is 10.8. The van der Waals surface area contributed by atoms with Crippen molar-refractivity contribution in [3.63, 3.8) is 0 Å². The highest BCUT2D eigenvalue weighted by molar-refractivity contribution is 7.99. The van der Waals surface area contributed by atoms with E-state index < -0.39 is 0 Å². The number of rotatable bonds is 9. The van der Waals surface area contributed by atoms with Gasteiger partial charge in [0, 0.05) is 18.5 Å². The normalized spacial score (nSPS) is 10.8. The molecule has 9 heteroatoms. The zero-order chi connectivity index (χ0) is 19.9. The molecule has 146 valence electrons. The van der Waals surface area contributed by atoms with Gasteiger partial charge in [0.25, 0.3) is 0 Å². The summed E-state index contributed by atoms with van der Waals surface area (Å²) in [6.07, 6.45) is 3.67. The van der Waals surface area contributed by atoms with Crippen LogP contribution in [0.2, 0.25) is 0 Å². The van der Waals surface area contributed by atoms with Crippen LogP contribution >= 0.6 is 23.1 Å². The second-order valence-electron chi connectivity index (χ2n) is 6.16. The van der Waals surface area contributed by atoms with Gasteiger partial charge >= 0.3 is 0 Å². The topological polar surface area (TPSA) is 85.6 Å². The molecule has 28 heavy (non-hydrogen) atoms. The number of hydrogen-bond donors (Lipinski definition) is 1. The van der Waals surface area contributed by atoms with Crippen molar-refractivity contribution in [1.82, 2.24) is 25.0 Å². The number of carbonyl (C=O) groups excluding carboxylic acids is 1. The Bertz CT molecular complexity index is 965. The monoisotopic (exact) mass is 414 g/mol. The first-order valence-electron chi connectivity index (χ1n) is 8.97. The Labute approximate surface area is 172 Å². The average molecular weight is 415 g/mol. The van der Waals surface area contributed by atoms with Crippen LogP contribution in [0.15, 0.2) is 42.1 Å². The van der Waals surface area contributed by atoms with Gasteiger partial charge in [-0.2, -0.15) is 0 Å². The Morgan fingerprint density at radius 3 is 2.93 bits per heavy atom. The van der Waals surface area contributed by atoms with Crippen LogP contribution in [-0.4, -0.2) is 36.6 Å². The lowest BCUT2D eigenvalue weighted by Crippen LogP contribution is -2.14. The van der Waals surface area contributed by atoms with E-state index >= 15 is 0 Å². The van der Waals surface area contributed by atoms with E-state index in [1.54, 1.807) is 6.08 Å².